The Balaban J connectivity index is 1.82. The summed E-state index contributed by atoms with van der Waals surface area (Å²) in [6, 6.07) is 3.68. The molecule has 1 aliphatic rings. The van der Waals surface area contributed by atoms with E-state index in [1.807, 2.05) is 13.8 Å². The summed E-state index contributed by atoms with van der Waals surface area (Å²) in [5.74, 6) is 0.400. The van der Waals surface area contributed by atoms with Crippen molar-refractivity contribution < 1.29 is 14.3 Å². The first-order chi connectivity index (χ1) is 11.5. The average molecular weight is 335 g/mol. The van der Waals surface area contributed by atoms with Crippen LogP contribution in [0.1, 0.15) is 44.1 Å². The Hall–Kier alpha value is -2.38. The lowest BCUT2D eigenvalue weighted by Crippen LogP contribution is -2.42. The molecule has 1 aromatic heterocycles. The third-order valence-corrected chi connectivity index (χ3v) is 3.69. The molecule has 1 aromatic rings. The number of hydrogen-bond donors (Lipinski definition) is 2. The van der Waals surface area contributed by atoms with Gasteiger partial charge in [-0.25, -0.2) is 4.79 Å². The maximum atomic E-state index is 11.8. The van der Waals surface area contributed by atoms with E-state index in [-0.39, 0.29) is 24.1 Å². The quantitative estimate of drug-likeness (QED) is 0.849. The molecular weight excluding hydrogens is 310 g/mol. The monoisotopic (exact) mass is 335 g/mol. The van der Waals surface area contributed by atoms with Gasteiger partial charge in [-0.2, -0.15) is 0 Å². The van der Waals surface area contributed by atoms with Gasteiger partial charge in [0.05, 0.1) is 6.61 Å². The predicted octanol–water partition coefficient (Wildman–Crippen LogP) is 1.65. The summed E-state index contributed by atoms with van der Waals surface area (Å²) < 4.78 is 5.00. The Bertz CT molecular complexity index is 553. The second kappa shape index (κ2) is 8.47. The first kappa shape index (κ1) is 18.0. The molecule has 0 bridgehead atoms. The average Bonchev–Trinajstić information content (AvgIpc) is 2.56. The van der Waals surface area contributed by atoms with E-state index in [0.717, 1.165) is 12.8 Å². The van der Waals surface area contributed by atoms with Crippen LogP contribution in [0, 0.1) is 0 Å². The summed E-state index contributed by atoms with van der Waals surface area (Å²) in [5, 5.41) is 14.1. The summed E-state index contributed by atoms with van der Waals surface area (Å²) in [6.45, 7) is 7.28. The highest BCUT2D eigenvalue weighted by Gasteiger charge is 2.23. The van der Waals surface area contributed by atoms with Gasteiger partial charge in [0.2, 0.25) is 0 Å². The molecule has 0 radical (unpaired) electrons. The van der Waals surface area contributed by atoms with Gasteiger partial charge in [-0.05, 0) is 45.7 Å². The number of nitrogens with zero attached hydrogens (tertiary/aromatic N) is 3. The number of carbonyl (C=O) groups excluding carboxylic acids is 2. The summed E-state index contributed by atoms with van der Waals surface area (Å²) >= 11 is 0. The maximum Gasteiger partial charge on any atom is 0.409 e. The highest BCUT2D eigenvalue weighted by Crippen LogP contribution is 2.15. The van der Waals surface area contributed by atoms with E-state index >= 15 is 0 Å². The molecule has 0 saturated carbocycles. The number of likely N-dealkylation sites (tertiary alicyclic amines) is 1. The molecule has 8 nitrogen and oxygen atoms in total. The summed E-state index contributed by atoms with van der Waals surface area (Å²) in [5.41, 5.74) is 0.298. The van der Waals surface area contributed by atoms with Crippen LogP contribution in [-0.4, -0.2) is 58.9 Å². The van der Waals surface area contributed by atoms with E-state index in [0.29, 0.717) is 31.2 Å². The maximum absolute atomic E-state index is 11.8. The Morgan fingerprint density at radius 2 is 2.00 bits per heavy atom. The molecule has 2 heterocycles. The molecule has 0 unspecified atom stereocenters. The molecule has 1 saturated heterocycles. The van der Waals surface area contributed by atoms with E-state index in [4.69, 9.17) is 4.74 Å². The van der Waals surface area contributed by atoms with Gasteiger partial charge in [0.15, 0.2) is 5.69 Å². The number of anilines is 1. The highest BCUT2D eigenvalue weighted by atomic mass is 16.6. The molecule has 1 aliphatic heterocycles. The van der Waals surface area contributed by atoms with Crippen LogP contribution < -0.4 is 10.6 Å². The van der Waals surface area contributed by atoms with Crippen molar-refractivity contribution in [2.45, 2.75) is 45.7 Å². The number of ether oxygens (including phenoxy) is 1. The number of nitrogens with one attached hydrogen (secondary N) is 2. The third kappa shape index (κ3) is 5.07. The summed E-state index contributed by atoms with van der Waals surface area (Å²) in [6.07, 6.45) is 1.38. The zero-order chi connectivity index (χ0) is 17.5. The zero-order valence-corrected chi connectivity index (χ0v) is 14.4. The van der Waals surface area contributed by atoms with Crippen molar-refractivity contribution in [3.63, 3.8) is 0 Å². The van der Waals surface area contributed by atoms with Crippen LogP contribution in [-0.2, 0) is 4.74 Å². The van der Waals surface area contributed by atoms with Crippen molar-refractivity contribution in [1.29, 1.82) is 0 Å². The van der Waals surface area contributed by atoms with Gasteiger partial charge in [-0.3, -0.25) is 4.79 Å². The molecule has 0 aromatic carbocycles. The van der Waals surface area contributed by atoms with Gasteiger partial charge < -0.3 is 20.3 Å². The summed E-state index contributed by atoms with van der Waals surface area (Å²) in [7, 11) is 0. The number of rotatable bonds is 5. The minimum absolute atomic E-state index is 0.0571. The lowest BCUT2D eigenvalue weighted by molar-refractivity contribution is 0.0936. The van der Waals surface area contributed by atoms with Crippen molar-refractivity contribution >= 4 is 17.8 Å². The van der Waals surface area contributed by atoms with Gasteiger partial charge in [-0.15, -0.1) is 10.2 Å². The van der Waals surface area contributed by atoms with Crippen LogP contribution in [0.4, 0.5) is 10.6 Å². The standard InChI is InChI=1S/C16H25N5O3/c1-4-24-16(23)21-9-7-12(8-10-21)18-14-6-5-13(19-20-14)15(22)17-11(2)3/h5-6,11-12H,4,7-10H2,1-3H3,(H,17,22)(H,18,20). The lowest BCUT2D eigenvalue weighted by atomic mass is 10.1. The number of amides is 2. The van der Waals surface area contributed by atoms with Crippen LogP contribution in [0.5, 0.6) is 0 Å². The van der Waals surface area contributed by atoms with Crippen LogP contribution in [0.2, 0.25) is 0 Å². The van der Waals surface area contributed by atoms with Crippen molar-refractivity contribution in [2.24, 2.45) is 0 Å². The van der Waals surface area contributed by atoms with Gasteiger partial charge >= 0.3 is 6.09 Å². The van der Waals surface area contributed by atoms with Crippen LogP contribution in [0.25, 0.3) is 0 Å². The lowest BCUT2D eigenvalue weighted by Gasteiger charge is -2.31. The minimum atomic E-state index is -0.253. The van der Waals surface area contributed by atoms with Crippen molar-refractivity contribution in [3.8, 4) is 0 Å². The second-order valence-corrected chi connectivity index (χ2v) is 6.04. The van der Waals surface area contributed by atoms with E-state index in [1.54, 1.807) is 24.0 Å². The first-order valence-electron chi connectivity index (χ1n) is 8.32. The van der Waals surface area contributed by atoms with E-state index in [9.17, 15) is 9.59 Å². The first-order valence-corrected chi connectivity index (χ1v) is 8.32. The van der Waals surface area contributed by atoms with E-state index < -0.39 is 0 Å². The van der Waals surface area contributed by atoms with Crippen LogP contribution in [0.15, 0.2) is 12.1 Å². The van der Waals surface area contributed by atoms with Gasteiger partial charge in [0.1, 0.15) is 5.82 Å². The molecule has 132 valence electrons. The fourth-order valence-electron chi connectivity index (χ4n) is 2.50. The van der Waals surface area contributed by atoms with Gasteiger partial charge in [0, 0.05) is 25.2 Å². The molecule has 0 spiro atoms. The second-order valence-electron chi connectivity index (χ2n) is 6.04. The zero-order valence-electron chi connectivity index (χ0n) is 14.4. The largest absolute Gasteiger partial charge is 0.450 e. The molecular formula is C16H25N5O3. The van der Waals surface area contributed by atoms with E-state index in [1.165, 1.54) is 0 Å². The molecule has 0 aliphatic carbocycles. The molecule has 2 amide bonds. The van der Waals surface area contributed by atoms with E-state index in [2.05, 4.69) is 20.8 Å². The molecule has 24 heavy (non-hydrogen) atoms. The van der Waals surface area contributed by atoms with Crippen molar-refractivity contribution in [3.05, 3.63) is 17.8 Å². The van der Waals surface area contributed by atoms with Crippen molar-refractivity contribution in [2.75, 3.05) is 25.0 Å². The Kier molecular flexibility index (Phi) is 6.34. The highest BCUT2D eigenvalue weighted by molar-refractivity contribution is 5.92. The minimum Gasteiger partial charge on any atom is -0.450 e. The topological polar surface area (TPSA) is 96.5 Å². The number of aromatic nitrogens is 2. The smallest absolute Gasteiger partial charge is 0.409 e. The van der Waals surface area contributed by atoms with Crippen LogP contribution >= 0.6 is 0 Å². The number of piperidine rings is 1. The summed E-state index contributed by atoms with van der Waals surface area (Å²) in [4.78, 5) is 25.2. The molecule has 2 rings (SSSR count). The third-order valence-electron chi connectivity index (χ3n) is 3.69. The Labute approximate surface area is 142 Å². The number of carbonyl (C=O) groups is 2. The molecule has 2 N–H and O–H groups in total. The van der Waals surface area contributed by atoms with Crippen LogP contribution in [0.3, 0.4) is 0 Å². The SMILES string of the molecule is CCOC(=O)N1CCC(Nc2ccc(C(=O)NC(C)C)nn2)CC1. The number of hydrogen-bond acceptors (Lipinski definition) is 6. The molecule has 1 fully saturated rings. The predicted molar refractivity (Wildman–Crippen MR) is 89.9 cm³/mol. The fraction of sp³-hybridized carbons (Fsp3) is 0.625. The normalized spacial score (nSPS) is 15.2. The Morgan fingerprint density at radius 3 is 2.54 bits per heavy atom. The fourth-order valence-corrected chi connectivity index (χ4v) is 2.50. The Morgan fingerprint density at radius 1 is 1.29 bits per heavy atom. The van der Waals surface area contributed by atoms with Gasteiger partial charge in [-0.1, -0.05) is 0 Å². The van der Waals surface area contributed by atoms with Crippen molar-refractivity contribution in [1.82, 2.24) is 20.4 Å². The van der Waals surface area contributed by atoms with Gasteiger partial charge in [0.25, 0.3) is 5.91 Å². The molecule has 8 heteroatoms. The molecule has 0 atom stereocenters.